The normalized spacial score (nSPS) is 12.5. The predicted molar refractivity (Wildman–Crippen MR) is 69.8 cm³/mol. The summed E-state index contributed by atoms with van der Waals surface area (Å²) >= 11 is 0. The Labute approximate surface area is 109 Å². The van der Waals surface area contributed by atoms with Crippen LogP contribution in [0.25, 0.3) is 11.1 Å². The van der Waals surface area contributed by atoms with Crippen LogP contribution in [0.4, 0.5) is 0 Å². The highest BCUT2D eigenvalue weighted by Gasteiger charge is 2.13. The zero-order valence-corrected chi connectivity index (χ0v) is 10.6. The van der Waals surface area contributed by atoms with Crippen LogP contribution in [0, 0.1) is 0 Å². The number of amides is 1. The zero-order chi connectivity index (χ0) is 13.8. The Hall–Kier alpha value is -2.08. The third-order valence-electron chi connectivity index (χ3n) is 2.84. The van der Waals surface area contributed by atoms with Gasteiger partial charge in [-0.25, -0.2) is 4.79 Å². The number of nitrogens with zero attached hydrogens (tertiary/aromatic N) is 1. The van der Waals surface area contributed by atoms with Crippen LogP contribution in [0.5, 0.6) is 0 Å². The first-order valence-corrected chi connectivity index (χ1v) is 6.10. The molecular weight excluding hydrogens is 248 g/mol. The van der Waals surface area contributed by atoms with Gasteiger partial charge in [0, 0.05) is 12.6 Å². The monoisotopic (exact) mass is 264 g/mol. The average molecular weight is 264 g/mol. The van der Waals surface area contributed by atoms with Gasteiger partial charge in [0.2, 0.25) is 5.91 Å². The van der Waals surface area contributed by atoms with Gasteiger partial charge in [-0.1, -0.05) is 12.1 Å². The van der Waals surface area contributed by atoms with Gasteiger partial charge < -0.3 is 14.8 Å². The van der Waals surface area contributed by atoms with Crippen molar-refractivity contribution in [2.45, 2.75) is 25.9 Å². The molecule has 0 saturated carbocycles. The van der Waals surface area contributed by atoms with Gasteiger partial charge in [-0.2, -0.15) is 0 Å². The lowest BCUT2D eigenvalue weighted by Crippen LogP contribution is -2.37. The lowest BCUT2D eigenvalue weighted by Gasteiger charge is -2.12. The van der Waals surface area contributed by atoms with E-state index >= 15 is 0 Å². The second-order valence-electron chi connectivity index (χ2n) is 4.40. The Morgan fingerprint density at radius 2 is 2.21 bits per heavy atom. The number of carbonyl (C=O) groups excluding carboxylic acids is 1. The van der Waals surface area contributed by atoms with Crippen molar-refractivity contribution in [2.24, 2.45) is 0 Å². The highest BCUT2D eigenvalue weighted by molar-refractivity contribution is 5.79. The van der Waals surface area contributed by atoms with Crippen LogP contribution < -0.4 is 11.1 Å². The SMILES string of the molecule is CC(CCO)NC(=O)Cn1c(=O)oc2ccccc21. The summed E-state index contributed by atoms with van der Waals surface area (Å²) in [7, 11) is 0. The molecule has 0 radical (unpaired) electrons. The first-order chi connectivity index (χ1) is 9.11. The molecule has 1 atom stereocenters. The fourth-order valence-electron chi connectivity index (χ4n) is 1.89. The van der Waals surface area contributed by atoms with Crippen LogP contribution in [0.15, 0.2) is 33.5 Å². The topological polar surface area (TPSA) is 84.5 Å². The van der Waals surface area contributed by atoms with Gasteiger partial charge in [0.1, 0.15) is 6.54 Å². The highest BCUT2D eigenvalue weighted by Crippen LogP contribution is 2.11. The predicted octanol–water partition coefficient (Wildman–Crippen LogP) is 0.482. The third kappa shape index (κ3) is 3.03. The second-order valence-corrected chi connectivity index (χ2v) is 4.40. The number of benzene rings is 1. The van der Waals surface area contributed by atoms with Gasteiger partial charge in [-0.05, 0) is 25.5 Å². The molecule has 0 aliphatic carbocycles. The fraction of sp³-hybridized carbons (Fsp3) is 0.385. The Kier molecular flexibility index (Phi) is 4.01. The number of hydrogen-bond acceptors (Lipinski definition) is 4. The molecule has 0 aliphatic heterocycles. The lowest BCUT2D eigenvalue weighted by atomic mass is 10.2. The molecule has 19 heavy (non-hydrogen) atoms. The van der Waals surface area contributed by atoms with Crippen LogP contribution in [0.3, 0.4) is 0 Å². The minimum atomic E-state index is -0.550. The molecule has 0 fully saturated rings. The highest BCUT2D eigenvalue weighted by atomic mass is 16.4. The van der Waals surface area contributed by atoms with E-state index in [-0.39, 0.29) is 25.1 Å². The minimum Gasteiger partial charge on any atom is -0.408 e. The van der Waals surface area contributed by atoms with E-state index in [0.29, 0.717) is 17.5 Å². The number of hydrogen-bond donors (Lipinski definition) is 2. The number of para-hydroxylation sites is 2. The maximum absolute atomic E-state index is 11.8. The van der Waals surface area contributed by atoms with E-state index in [1.54, 1.807) is 31.2 Å². The number of oxazole rings is 1. The van der Waals surface area contributed by atoms with Gasteiger partial charge >= 0.3 is 5.76 Å². The second kappa shape index (κ2) is 5.71. The summed E-state index contributed by atoms with van der Waals surface area (Å²) in [5, 5.41) is 11.5. The van der Waals surface area contributed by atoms with Crippen molar-refractivity contribution in [3.05, 3.63) is 34.8 Å². The summed E-state index contributed by atoms with van der Waals surface area (Å²) in [6, 6.07) is 6.81. The number of rotatable bonds is 5. The summed E-state index contributed by atoms with van der Waals surface area (Å²) in [4.78, 5) is 23.5. The van der Waals surface area contributed by atoms with Gasteiger partial charge in [0.15, 0.2) is 5.58 Å². The molecule has 0 saturated heterocycles. The average Bonchev–Trinajstić information content (AvgIpc) is 2.66. The molecule has 2 aromatic rings. The molecule has 2 N–H and O–H groups in total. The van der Waals surface area contributed by atoms with Gasteiger partial charge in [-0.3, -0.25) is 9.36 Å². The molecule has 1 heterocycles. The van der Waals surface area contributed by atoms with E-state index in [1.807, 2.05) is 0 Å². The summed E-state index contributed by atoms with van der Waals surface area (Å²) < 4.78 is 6.33. The largest absolute Gasteiger partial charge is 0.420 e. The maximum atomic E-state index is 11.8. The zero-order valence-electron chi connectivity index (χ0n) is 10.6. The quantitative estimate of drug-likeness (QED) is 0.822. The Balaban J connectivity index is 2.15. The number of aromatic nitrogens is 1. The standard InChI is InChI=1S/C13H16N2O4/c1-9(6-7-16)14-12(17)8-15-10-4-2-3-5-11(10)19-13(15)18/h2-5,9,16H,6-8H2,1H3,(H,14,17). The number of aliphatic hydroxyl groups excluding tert-OH is 1. The number of aliphatic hydroxyl groups is 1. The molecule has 1 amide bonds. The Morgan fingerprint density at radius 3 is 2.95 bits per heavy atom. The number of fused-ring (bicyclic) bond motifs is 1. The van der Waals surface area contributed by atoms with E-state index in [9.17, 15) is 9.59 Å². The molecular formula is C13H16N2O4. The molecule has 1 aromatic carbocycles. The Morgan fingerprint density at radius 1 is 1.47 bits per heavy atom. The minimum absolute atomic E-state index is 0.00996. The van der Waals surface area contributed by atoms with Crippen LogP contribution in [0.2, 0.25) is 0 Å². The molecule has 102 valence electrons. The van der Waals surface area contributed by atoms with E-state index in [4.69, 9.17) is 9.52 Å². The van der Waals surface area contributed by atoms with Crippen molar-refractivity contribution in [3.63, 3.8) is 0 Å². The van der Waals surface area contributed by atoms with Crippen molar-refractivity contribution < 1.29 is 14.3 Å². The molecule has 1 aromatic heterocycles. The molecule has 0 bridgehead atoms. The first kappa shape index (κ1) is 13.4. The number of nitrogens with one attached hydrogen (secondary N) is 1. The van der Waals surface area contributed by atoms with E-state index < -0.39 is 5.76 Å². The van der Waals surface area contributed by atoms with Crippen molar-refractivity contribution >= 4 is 17.0 Å². The van der Waals surface area contributed by atoms with Gasteiger partial charge in [-0.15, -0.1) is 0 Å². The van der Waals surface area contributed by atoms with Crippen LogP contribution >= 0.6 is 0 Å². The smallest absolute Gasteiger partial charge is 0.408 e. The fourth-order valence-corrected chi connectivity index (χ4v) is 1.89. The Bertz CT molecular complexity index is 629. The van der Waals surface area contributed by atoms with E-state index in [0.717, 1.165) is 0 Å². The van der Waals surface area contributed by atoms with Crippen LogP contribution in [0.1, 0.15) is 13.3 Å². The van der Waals surface area contributed by atoms with E-state index in [1.165, 1.54) is 4.57 Å². The lowest BCUT2D eigenvalue weighted by molar-refractivity contribution is -0.122. The van der Waals surface area contributed by atoms with Crippen molar-refractivity contribution in [2.75, 3.05) is 6.61 Å². The number of carbonyl (C=O) groups is 1. The third-order valence-corrected chi connectivity index (χ3v) is 2.84. The summed E-state index contributed by atoms with van der Waals surface area (Å²) in [5.74, 6) is -0.833. The molecule has 6 nitrogen and oxygen atoms in total. The van der Waals surface area contributed by atoms with Crippen molar-refractivity contribution in [3.8, 4) is 0 Å². The van der Waals surface area contributed by atoms with Crippen molar-refractivity contribution in [1.29, 1.82) is 0 Å². The molecule has 0 spiro atoms. The summed E-state index contributed by atoms with van der Waals surface area (Å²) in [6.07, 6.45) is 0.479. The maximum Gasteiger partial charge on any atom is 0.420 e. The van der Waals surface area contributed by atoms with Gasteiger partial charge in [0.25, 0.3) is 0 Å². The molecule has 6 heteroatoms. The molecule has 0 aliphatic rings. The van der Waals surface area contributed by atoms with Crippen molar-refractivity contribution in [1.82, 2.24) is 9.88 Å². The summed E-state index contributed by atoms with van der Waals surface area (Å²) in [5.41, 5.74) is 1.06. The van der Waals surface area contributed by atoms with Crippen LogP contribution in [-0.4, -0.2) is 28.2 Å². The van der Waals surface area contributed by atoms with E-state index in [2.05, 4.69) is 5.32 Å². The first-order valence-electron chi connectivity index (χ1n) is 6.10. The van der Waals surface area contributed by atoms with Gasteiger partial charge in [0.05, 0.1) is 5.52 Å². The van der Waals surface area contributed by atoms with Crippen LogP contribution in [-0.2, 0) is 11.3 Å². The molecule has 1 unspecified atom stereocenters. The molecule has 2 rings (SSSR count). The summed E-state index contributed by atoms with van der Waals surface area (Å²) in [6.45, 7) is 1.71.